The van der Waals surface area contributed by atoms with E-state index in [1.807, 2.05) is 11.8 Å². The van der Waals surface area contributed by atoms with Crippen LogP contribution in [0.25, 0.3) is 10.2 Å². The van der Waals surface area contributed by atoms with Crippen molar-refractivity contribution in [3.8, 4) is 0 Å². The van der Waals surface area contributed by atoms with E-state index in [9.17, 15) is 9.59 Å². The van der Waals surface area contributed by atoms with Crippen molar-refractivity contribution in [3.63, 3.8) is 0 Å². The van der Waals surface area contributed by atoms with Crippen molar-refractivity contribution < 1.29 is 4.79 Å². The van der Waals surface area contributed by atoms with Crippen LogP contribution in [0.2, 0.25) is 0 Å². The van der Waals surface area contributed by atoms with E-state index in [-0.39, 0.29) is 16.7 Å². The fourth-order valence-corrected chi connectivity index (χ4v) is 5.81. The Bertz CT molecular complexity index is 836. The van der Waals surface area contributed by atoms with Crippen LogP contribution in [0.15, 0.2) is 9.95 Å². The third kappa shape index (κ3) is 2.88. The number of likely N-dealkylation sites (tertiary alicyclic amines) is 1. The molecule has 1 amide bonds. The molecule has 0 unspecified atom stereocenters. The molecule has 128 valence electrons. The highest BCUT2D eigenvalue weighted by molar-refractivity contribution is 8.00. The van der Waals surface area contributed by atoms with Gasteiger partial charge in [-0.3, -0.25) is 9.59 Å². The maximum absolute atomic E-state index is 12.5. The fraction of sp³-hybridized carbons (Fsp3) is 0.588. The van der Waals surface area contributed by atoms with Crippen molar-refractivity contribution in [2.24, 2.45) is 0 Å². The van der Waals surface area contributed by atoms with Crippen molar-refractivity contribution >= 4 is 39.2 Å². The first-order valence-electron chi connectivity index (χ1n) is 8.63. The van der Waals surface area contributed by atoms with Gasteiger partial charge in [0.25, 0.3) is 5.56 Å². The molecule has 0 radical (unpaired) electrons. The zero-order valence-corrected chi connectivity index (χ0v) is 15.4. The fourth-order valence-electron chi connectivity index (χ4n) is 3.61. The molecule has 24 heavy (non-hydrogen) atoms. The molecule has 5 nitrogen and oxygen atoms in total. The number of thiophene rings is 1. The first kappa shape index (κ1) is 16.1. The largest absolute Gasteiger partial charge is 0.342 e. The Morgan fingerprint density at radius 3 is 2.79 bits per heavy atom. The number of H-pyrrole nitrogens is 1. The molecule has 1 aliphatic carbocycles. The highest BCUT2D eigenvalue weighted by Gasteiger charge is 2.25. The molecule has 0 bridgehead atoms. The second-order valence-electron chi connectivity index (χ2n) is 6.55. The molecule has 1 atom stereocenters. The molecule has 2 aliphatic rings. The van der Waals surface area contributed by atoms with Crippen LogP contribution >= 0.6 is 23.1 Å². The van der Waals surface area contributed by atoms with Gasteiger partial charge in [0, 0.05) is 18.0 Å². The number of carbonyl (C=O) groups excluding carboxylic acids is 1. The van der Waals surface area contributed by atoms with Gasteiger partial charge in [-0.15, -0.1) is 11.3 Å². The maximum atomic E-state index is 12.5. The number of nitrogens with zero attached hydrogens (tertiary/aromatic N) is 2. The molecule has 1 fully saturated rings. The van der Waals surface area contributed by atoms with E-state index in [2.05, 4.69) is 9.97 Å². The average Bonchev–Trinajstić information content (AvgIpc) is 3.21. The summed E-state index contributed by atoms with van der Waals surface area (Å²) in [5.41, 5.74) is 1.15. The zero-order valence-electron chi connectivity index (χ0n) is 13.8. The third-order valence-corrected chi connectivity index (χ3v) is 7.01. The minimum Gasteiger partial charge on any atom is -0.342 e. The lowest BCUT2D eigenvalue weighted by atomic mass is 9.97. The van der Waals surface area contributed by atoms with E-state index >= 15 is 0 Å². The normalized spacial score (nSPS) is 18.8. The van der Waals surface area contributed by atoms with Crippen molar-refractivity contribution in [3.05, 3.63) is 20.8 Å². The van der Waals surface area contributed by atoms with Gasteiger partial charge >= 0.3 is 0 Å². The Labute approximate surface area is 148 Å². The maximum Gasteiger partial charge on any atom is 0.260 e. The third-order valence-electron chi connectivity index (χ3n) is 4.86. The highest BCUT2D eigenvalue weighted by atomic mass is 32.2. The molecular weight excluding hydrogens is 342 g/mol. The highest BCUT2D eigenvalue weighted by Crippen LogP contribution is 2.34. The molecule has 3 heterocycles. The van der Waals surface area contributed by atoms with Gasteiger partial charge in [0.2, 0.25) is 5.91 Å². The molecule has 1 N–H and O–H groups in total. The smallest absolute Gasteiger partial charge is 0.260 e. The van der Waals surface area contributed by atoms with Crippen molar-refractivity contribution in [1.29, 1.82) is 0 Å². The van der Waals surface area contributed by atoms with Gasteiger partial charge in [0.1, 0.15) is 4.83 Å². The number of thioether (sulfide) groups is 1. The first-order valence-corrected chi connectivity index (χ1v) is 10.3. The number of nitrogens with one attached hydrogen (secondary N) is 1. The molecule has 4 rings (SSSR count). The Morgan fingerprint density at radius 1 is 1.25 bits per heavy atom. The first-order chi connectivity index (χ1) is 11.6. The minimum absolute atomic E-state index is 0.0530. The van der Waals surface area contributed by atoms with Crippen LogP contribution in [0.4, 0.5) is 0 Å². The monoisotopic (exact) mass is 363 g/mol. The second kappa shape index (κ2) is 6.52. The van der Waals surface area contributed by atoms with Crippen LogP contribution in [-0.4, -0.2) is 39.1 Å². The number of aromatic amines is 1. The Morgan fingerprint density at radius 2 is 2.00 bits per heavy atom. The summed E-state index contributed by atoms with van der Waals surface area (Å²) in [5, 5.41) is 1.11. The summed E-state index contributed by atoms with van der Waals surface area (Å²) in [5.74, 6) is 0.144. The van der Waals surface area contributed by atoms with Crippen LogP contribution in [0.5, 0.6) is 0 Å². The molecule has 1 saturated heterocycles. The number of carbonyl (C=O) groups is 1. The van der Waals surface area contributed by atoms with Gasteiger partial charge in [0.05, 0.1) is 10.6 Å². The second-order valence-corrected chi connectivity index (χ2v) is 8.97. The molecule has 1 aliphatic heterocycles. The lowest BCUT2D eigenvalue weighted by molar-refractivity contribution is -0.129. The van der Waals surface area contributed by atoms with E-state index in [1.165, 1.54) is 28.6 Å². The van der Waals surface area contributed by atoms with Crippen LogP contribution in [0.3, 0.4) is 0 Å². The van der Waals surface area contributed by atoms with Gasteiger partial charge in [-0.05, 0) is 51.0 Å². The molecular formula is C17H21N3O2S2. The molecule has 2 aromatic heterocycles. The number of aromatic nitrogens is 2. The van der Waals surface area contributed by atoms with Crippen molar-refractivity contribution in [2.75, 3.05) is 13.1 Å². The van der Waals surface area contributed by atoms with E-state index in [4.69, 9.17) is 0 Å². The van der Waals surface area contributed by atoms with E-state index in [0.717, 1.165) is 55.4 Å². The van der Waals surface area contributed by atoms with Gasteiger partial charge in [-0.2, -0.15) is 0 Å². The van der Waals surface area contributed by atoms with E-state index in [0.29, 0.717) is 5.16 Å². The van der Waals surface area contributed by atoms with Gasteiger partial charge in [-0.25, -0.2) is 4.98 Å². The molecule has 2 aromatic rings. The lowest BCUT2D eigenvalue weighted by Gasteiger charge is -2.19. The molecule has 0 spiro atoms. The van der Waals surface area contributed by atoms with E-state index < -0.39 is 0 Å². The van der Waals surface area contributed by atoms with Gasteiger partial charge < -0.3 is 9.88 Å². The van der Waals surface area contributed by atoms with Gasteiger partial charge in [-0.1, -0.05) is 11.8 Å². The Hall–Kier alpha value is -1.34. The number of aryl methyl sites for hydroxylation is 2. The topological polar surface area (TPSA) is 66.1 Å². The number of amides is 1. The van der Waals surface area contributed by atoms with Crippen LogP contribution in [0.1, 0.15) is 43.0 Å². The number of hydrogen-bond donors (Lipinski definition) is 1. The molecule has 0 saturated carbocycles. The summed E-state index contributed by atoms with van der Waals surface area (Å²) < 4.78 is 0. The SMILES string of the molecule is C[C@@H](Sc1nc2sc3c(c2c(=O)[nH]1)CCCC3)C(=O)N1CCCC1. The predicted octanol–water partition coefficient (Wildman–Crippen LogP) is 2.97. The number of rotatable bonds is 3. The Balaban J connectivity index is 1.60. The average molecular weight is 364 g/mol. The van der Waals surface area contributed by atoms with Crippen molar-refractivity contribution in [1.82, 2.24) is 14.9 Å². The van der Waals surface area contributed by atoms with Crippen LogP contribution in [0, 0.1) is 0 Å². The van der Waals surface area contributed by atoms with Crippen LogP contribution < -0.4 is 5.56 Å². The summed E-state index contributed by atoms with van der Waals surface area (Å²) in [6.07, 6.45) is 6.56. The van der Waals surface area contributed by atoms with E-state index in [1.54, 1.807) is 11.3 Å². The summed E-state index contributed by atoms with van der Waals surface area (Å²) in [6.45, 7) is 3.60. The van der Waals surface area contributed by atoms with Crippen molar-refractivity contribution in [2.45, 2.75) is 55.9 Å². The minimum atomic E-state index is -0.224. The molecule has 0 aromatic carbocycles. The Kier molecular flexibility index (Phi) is 4.39. The van der Waals surface area contributed by atoms with Gasteiger partial charge in [0.15, 0.2) is 5.16 Å². The number of hydrogen-bond acceptors (Lipinski definition) is 5. The lowest BCUT2D eigenvalue weighted by Crippen LogP contribution is -2.34. The summed E-state index contributed by atoms with van der Waals surface area (Å²) in [6, 6.07) is 0. The quantitative estimate of drug-likeness (QED) is 0.672. The predicted molar refractivity (Wildman–Crippen MR) is 98.0 cm³/mol. The number of fused-ring (bicyclic) bond motifs is 3. The summed E-state index contributed by atoms with van der Waals surface area (Å²) in [7, 11) is 0. The standard InChI is InChI=1S/C17H21N3O2S2/c1-10(16(22)20-8-4-5-9-20)23-17-18-14(21)13-11-6-2-3-7-12(11)24-15(13)19-17/h10H,2-9H2,1H3,(H,18,19,21)/t10-/m1/s1. The zero-order chi connectivity index (χ0) is 16.7. The summed E-state index contributed by atoms with van der Waals surface area (Å²) in [4.78, 5) is 36.6. The summed E-state index contributed by atoms with van der Waals surface area (Å²) >= 11 is 3.01. The van der Waals surface area contributed by atoms with Crippen LogP contribution in [-0.2, 0) is 17.6 Å². The molecule has 7 heteroatoms.